The van der Waals surface area contributed by atoms with E-state index in [1.54, 1.807) is 7.05 Å². The Hall–Kier alpha value is -1.60. The first kappa shape index (κ1) is 24.4. The van der Waals surface area contributed by atoms with Gasteiger partial charge in [0.25, 0.3) is 5.56 Å². The van der Waals surface area contributed by atoms with Gasteiger partial charge in [-0.05, 0) is 39.8 Å². The Labute approximate surface area is 161 Å². The first-order chi connectivity index (χ1) is 11.9. The third-order valence-electron chi connectivity index (χ3n) is 4.27. The number of rotatable bonds is 7. The van der Waals surface area contributed by atoms with Gasteiger partial charge < -0.3 is 9.88 Å². The molecule has 26 heavy (non-hydrogen) atoms. The highest BCUT2D eigenvalue weighted by Crippen LogP contribution is 2.09. The van der Waals surface area contributed by atoms with Crippen LogP contribution in [-0.2, 0) is 20.6 Å². The largest absolute Gasteiger partial charge is 0.332 e. The van der Waals surface area contributed by atoms with Gasteiger partial charge in [0.15, 0.2) is 11.2 Å². The summed E-state index contributed by atoms with van der Waals surface area (Å²) in [6.45, 7) is 11.3. The van der Waals surface area contributed by atoms with Crippen molar-refractivity contribution in [1.82, 2.24) is 24.0 Å². The van der Waals surface area contributed by atoms with Gasteiger partial charge in [0.05, 0.1) is 0 Å². The zero-order valence-electron chi connectivity index (χ0n) is 17.0. The molecule has 0 unspecified atom stereocenters. The second-order valence-corrected chi connectivity index (χ2v) is 6.24. The SMILES string of the molecule is CCCCNCCCC.CCn1c(C)nc2c1c(=O)n(C)c(=O)n2C.Cl. The van der Waals surface area contributed by atoms with E-state index in [4.69, 9.17) is 0 Å². The minimum Gasteiger partial charge on any atom is -0.323 e. The van der Waals surface area contributed by atoms with E-state index in [0.29, 0.717) is 17.7 Å². The Kier molecular flexibility index (Phi) is 11.2. The predicted octanol–water partition coefficient (Wildman–Crippen LogP) is 2.36. The van der Waals surface area contributed by atoms with Crippen molar-refractivity contribution in [2.24, 2.45) is 14.1 Å². The molecular formula is C18H34ClN5O2. The maximum absolute atomic E-state index is 12.0. The van der Waals surface area contributed by atoms with Crippen LogP contribution in [0.3, 0.4) is 0 Å². The normalized spacial score (nSPS) is 10.4. The van der Waals surface area contributed by atoms with E-state index in [-0.39, 0.29) is 23.7 Å². The van der Waals surface area contributed by atoms with Gasteiger partial charge in [-0.1, -0.05) is 26.7 Å². The lowest BCUT2D eigenvalue weighted by Crippen LogP contribution is -2.37. The van der Waals surface area contributed by atoms with Gasteiger partial charge in [0, 0.05) is 20.6 Å². The van der Waals surface area contributed by atoms with Crippen molar-refractivity contribution in [3.05, 3.63) is 26.7 Å². The number of aryl methyl sites for hydroxylation is 3. The summed E-state index contributed by atoms with van der Waals surface area (Å²) in [5, 5.41) is 3.39. The summed E-state index contributed by atoms with van der Waals surface area (Å²) < 4.78 is 4.32. The van der Waals surface area contributed by atoms with Crippen molar-refractivity contribution in [2.75, 3.05) is 13.1 Å². The van der Waals surface area contributed by atoms with Crippen LogP contribution in [0.2, 0.25) is 0 Å². The van der Waals surface area contributed by atoms with Crippen LogP contribution in [-0.4, -0.2) is 31.8 Å². The van der Waals surface area contributed by atoms with Crippen LogP contribution in [0, 0.1) is 6.92 Å². The lowest BCUT2D eigenvalue weighted by molar-refractivity contribution is 0.611. The monoisotopic (exact) mass is 387 g/mol. The Morgan fingerprint density at radius 3 is 1.96 bits per heavy atom. The van der Waals surface area contributed by atoms with Crippen molar-refractivity contribution in [2.45, 2.75) is 59.9 Å². The van der Waals surface area contributed by atoms with Crippen LogP contribution in [0.5, 0.6) is 0 Å². The summed E-state index contributed by atoms with van der Waals surface area (Å²) >= 11 is 0. The predicted molar refractivity (Wildman–Crippen MR) is 111 cm³/mol. The molecule has 0 aromatic carbocycles. The number of hydrogen-bond donors (Lipinski definition) is 1. The highest BCUT2D eigenvalue weighted by Gasteiger charge is 2.15. The van der Waals surface area contributed by atoms with Crippen LogP contribution >= 0.6 is 12.4 Å². The van der Waals surface area contributed by atoms with Crippen LogP contribution in [0.25, 0.3) is 11.2 Å². The molecule has 7 nitrogen and oxygen atoms in total. The van der Waals surface area contributed by atoms with Gasteiger partial charge in [0.1, 0.15) is 5.82 Å². The average molecular weight is 388 g/mol. The number of hydrogen-bond acceptors (Lipinski definition) is 4. The van der Waals surface area contributed by atoms with Crippen LogP contribution in [0.4, 0.5) is 0 Å². The lowest BCUT2D eigenvalue weighted by atomic mass is 10.3. The molecule has 0 amide bonds. The fourth-order valence-electron chi connectivity index (χ4n) is 2.67. The number of imidazole rings is 1. The van der Waals surface area contributed by atoms with E-state index in [1.807, 2.05) is 18.4 Å². The molecule has 150 valence electrons. The van der Waals surface area contributed by atoms with Gasteiger partial charge in [-0.2, -0.15) is 0 Å². The van der Waals surface area contributed by atoms with Gasteiger partial charge in [-0.15, -0.1) is 12.4 Å². The minimum absolute atomic E-state index is 0. The van der Waals surface area contributed by atoms with Crippen LogP contribution in [0.1, 0.15) is 52.3 Å². The van der Waals surface area contributed by atoms with E-state index >= 15 is 0 Å². The van der Waals surface area contributed by atoms with E-state index in [1.165, 1.54) is 50.4 Å². The quantitative estimate of drug-likeness (QED) is 0.740. The fraction of sp³-hybridized carbons (Fsp3) is 0.722. The summed E-state index contributed by atoms with van der Waals surface area (Å²) in [6, 6.07) is 0. The summed E-state index contributed by atoms with van der Waals surface area (Å²) in [5.74, 6) is 0.746. The van der Waals surface area contributed by atoms with E-state index in [2.05, 4.69) is 24.1 Å². The lowest BCUT2D eigenvalue weighted by Gasteiger charge is -2.04. The topological polar surface area (TPSA) is 73.8 Å². The summed E-state index contributed by atoms with van der Waals surface area (Å²) in [7, 11) is 3.10. The Balaban J connectivity index is 0.000000543. The molecule has 0 spiro atoms. The molecule has 2 aromatic heterocycles. The highest BCUT2D eigenvalue weighted by molar-refractivity contribution is 5.85. The minimum atomic E-state index is -0.349. The molecule has 1 N–H and O–H groups in total. The first-order valence-corrected chi connectivity index (χ1v) is 9.24. The molecule has 0 saturated carbocycles. The molecule has 2 rings (SSSR count). The zero-order chi connectivity index (χ0) is 19.0. The number of fused-ring (bicyclic) bond motifs is 1. The van der Waals surface area contributed by atoms with Crippen LogP contribution < -0.4 is 16.6 Å². The molecule has 8 heteroatoms. The van der Waals surface area contributed by atoms with Crippen molar-refractivity contribution in [3.63, 3.8) is 0 Å². The molecular weight excluding hydrogens is 354 g/mol. The van der Waals surface area contributed by atoms with E-state index in [0.717, 1.165) is 10.4 Å². The molecule has 0 aliphatic rings. The van der Waals surface area contributed by atoms with Crippen LogP contribution in [0.15, 0.2) is 9.59 Å². The number of nitrogens with one attached hydrogen (secondary N) is 1. The van der Waals surface area contributed by atoms with E-state index < -0.39 is 0 Å². The van der Waals surface area contributed by atoms with E-state index in [9.17, 15) is 9.59 Å². The molecule has 0 atom stereocenters. The zero-order valence-corrected chi connectivity index (χ0v) is 17.8. The number of halogens is 1. The van der Waals surface area contributed by atoms with Gasteiger partial charge in [-0.25, -0.2) is 9.78 Å². The molecule has 0 bridgehead atoms. The highest BCUT2D eigenvalue weighted by atomic mass is 35.5. The standard InChI is InChI=1S/C10H14N4O2.C8H19N.ClH/c1-5-14-6(2)11-8-7(14)9(15)13(4)10(16)12(8)3;1-3-5-7-9-8-6-4-2;/h5H2,1-4H3;9H,3-8H2,1-2H3;1H. The Bertz CT molecular complexity index is 785. The maximum atomic E-state index is 12.0. The first-order valence-electron chi connectivity index (χ1n) is 9.24. The third kappa shape index (κ3) is 5.71. The molecule has 0 radical (unpaired) electrons. The average Bonchev–Trinajstić information content (AvgIpc) is 2.95. The van der Waals surface area contributed by atoms with Gasteiger partial charge >= 0.3 is 5.69 Å². The number of nitrogens with zero attached hydrogens (tertiary/aromatic N) is 4. The summed E-state index contributed by atoms with van der Waals surface area (Å²) in [5.41, 5.74) is 0.302. The molecule has 0 saturated heterocycles. The molecule has 2 aromatic rings. The van der Waals surface area contributed by atoms with Crippen molar-refractivity contribution in [1.29, 1.82) is 0 Å². The Morgan fingerprint density at radius 2 is 1.50 bits per heavy atom. The second-order valence-electron chi connectivity index (χ2n) is 6.24. The van der Waals surface area contributed by atoms with Gasteiger partial charge in [-0.3, -0.25) is 13.9 Å². The number of aromatic nitrogens is 4. The van der Waals surface area contributed by atoms with Crippen molar-refractivity contribution < 1.29 is 0 Å². The van der Waals surface area contributed by atoms with Crippen molar-refractivity contribution in [3.8, 4) is 0 Å². The molecule has 0 aliphatic carbocycles. The fourth-order valence-corrected chi connectivity index (χ4v) is 2.67. The third-order valence-corrected chi connectivity index (χ3v) is 4.27. The molecule has 2 heterocycles. The Morgan fingerprint density at radius 1 is 0.962 bits per heavy atom. The molecule has 0 fully saturated rings. The smallest absolute Gasteiger partial charge is 0.323 e. The summed E-state index contributed by atoms with van der Waals surface area (Å²) in [4.78, 5) is 27.9. The maximum Gasteiger partial charge on any atom is 0.332 e. The molecule has 0 aliphatic heterocycles. The van der Waals surface area contributed by atoms with Gasteiger partial charge in [0.2, 0.25) is 0 Å². The van der Waals surface area contributed by atoms with Crippen molar-refractivity contribution >= 4 is 23.6 Å². The summed E-state index contributed by atoms with van der Waals surface area (Å²) in [6.07, 6.45) is 5.26. The second kappa shape index (κ2) is 11.9. The number of unbranched alkanes of at least 4 members (excludes halogenated alkanes) is 2.